The molecule has 6 rings (SSSR count). The minimum absolute atomic E-state index is 0. The number of Topliss-reactive ketones (excluding diaryl/α,β-unsaturated/α-hetero) is 10. The first kappa shape index (κ1) is 77.3. The maximum atomic E-state index is 11.1. The summed E-state index contributed by atoms with van der Waals surface area (Å²) in [7, 11) is 0. The standard InChI is InChI=1S/C16H14O3.C12H10O.C8H14O.C8H8O.C5H8O2.3C3H6O.4CH4/c1-11(17)13-3-7-15(8-4-13)19-16-9-5-14(6-10-16)12(2)18;1-9(13)11-7-6-10-4-2-3-5-12(10)8-11;2*1-7(9)8-5-3-2-4-6-8;1-4(6)3-5(2)7;3*1-3(2)4;;;;/h3-10H,1-2H3;2-8H,1H3;8H,2-6H2,1H3;2-6H,1H3;3H2,1-2H3;3*1-2H3;4*1H4. The number of benzene rings is 5. The number of rotatable bonds is 9. The van der Waals surface area contributed by atoms with E-state index < -0.39 is 0 Å². The Labute approximate surface area is 438 Å². The molecule has 0 aliphatic heterocycles. The molecular weight excluding hydrogens is 921 g/mol. The highest BCUT2D eigenvalue weighted by Crippen LogP contribution is 2.24. The summed E-state index contributed by atoms with van der Waals surface area (Å²) < 4.78 is 5.63. The zero-order chi connectivity index (χ0) is 53.1. The van der Waals surface area contributed by atoms with E-state index in [1.165, 1.54) is 93.9 Å². The summed E-state index contributed by atoms with van der Waals surface area (Å²) in [4.78, 5) is 103. The Morgan fingerprint density at radius 1 is 0.370 bits per heavy atom. The van der Waals surface area contributed by atoms with Gasteiger partial charge in [0.25, 0.3) is 0 Å². The number of ether oxygens (including phenoxy) is 1. The van der Waals surface area contributed by atoms with Gasteiger partial charge in [-0.2, -0.15) is 0 Å². The Bertz CT molecular complexity index is 2300. The molecule has 0 amide bonds. The second-order valence-electron chi connectivity index (χ2n) is 16.6. The smallest absolute Gasteiger partial charge is 0.159 e. The molecule has 0 N–H and O–H groups in total. The molecule has 0 saturated heterocycles. The van der Waals surface area contributed by atoms with E-state index in [-0.39, 0.29) is 88.2 Å². The molecule has 11 heteroatoms. The molecule has 5 aromatic carbocycles. The maximum Gasteiger partial charge on any atom is 0.159 e. The summed E-state index contributed by atoms with van der Waals surface area (Å²) in [5.41, 5.74) is 2.86. The van der Waals surface area contributed by atoms with Gasteiger partial charge in [0.2, 0.25) is 0 Å². The van der Waals surface area contributed by atoms with Crippen molar-refractivity contribution in [1.82, 2.24) is 0 Å². The van der Waals surface area contributed by atoms with Crippen molar-refractivity contribution in [2.45, 2.75) is 158 Å². The van der Waals surface area contributed by atoms with Crippen LogP contribution >= 0.6 is 0 Å². The maximum absolute atomic E-state index is 11.1. The summed E-state index contributed by atoms with van der Waals surface area (Å²) in [6.45, 7) is 19.9. The number of ketones is 10. The van der Waals surface area contributed by atoms with Crippen LogP contribution in [0.2, 0.25) is 0 Å². The molecule has 0 atom stereocenters. The monoisotopic (exact) mass is 1010 g/mol. The van der Waals surface area contributed by atoms with Crippen molar-refractivity contribution in [3.8, 4) is 11.5 Å². The van der Waals surface area contributed by atoms with Crippen LogP contribution < -0.4 is 4.74 Å². The predicted octanol–water partition coefficient (Wildman–Crippen LogP) is 15.9. The Morgan fingerprint density at radius 3 is 0.945 bits per heavy atom. The zero-order valence-corrected chi connectivity index (χ0v) is 42.9. The first-order valence-corrected chi connectivity index (χ1v) is 22.6. The van der Waals surface area contributed by atoms with Gasteiger partial charge in [0.1, 0.15) is 46.2 Å². The molecule has 11 nitrogen and oxygen atoms in total. The molecule has 1 aliphatic carbocycles. The Morgan fingerprint density at radius 2 is 0.671 bits per heavy atom. The van der Waals surface area contributed by atoms with Crippen molar-refractivity contribution in [1.29, 1.82) is 0 Å². The minimum atomic E-state index is -0.0625. The highest BCUT2D eigenvalue weighted by Gasteiger charge is 2.16. The van der Waals surface area contributed by atoms with Crippen molar-refractivity contribution < 1.29 is 52.7 Å². The lowest BCUT2D eigenvalue weighted by atomic mass is 9.87. The Kier molecular flexibility index (Phi) is 47.4. The van der Waals surface area contributed by atoms with E-state index in [4.69, 9.17) is 4.74 Å². The molecule has 0 radical (unpaired) electrons. The van der Waals surface area contributed by atoms with E-state index in [1.807, 2.05) is 72.8 Å². The Balaban J connectivity index is -0.000000185. The number of carbonyl (C=O) groups excluding carboxylic acids is 10. The fraction of sp³-hybridized carbons (Fsp3) is 0.387. The van der Waals surface area contributed by atoms with Crippen LogP contribution in [0.1, 0.15) is 200 Å². The zero-order valence-electron chi connectivity index (χ0n) is 42.9. The van der Waals surface area contributed by atoms with Gasteiger partial charge in [-0.1, -0.05) is 116 Å². The van der Waals surface area contributed by atoms with Crippen LogP contribution in [0.3, 0.4) is 0 Å². The first-order valence-electron chi connectivity index (χ1n) is 22.6. The van der Waals surface area contributed by atoms with E-state index in [1.54, 1.807) is 69.3 Å². The summed E-state index contributed by atoms with van der Waals surface area (Å²) in [6.07, 6.45) is 6.25. The molecule has 1 fully saturated rings. The van der Waals surface area contributed by atoms with Crippen molar-refractivity contribution in [3.05, 3.63) is 144 Å². The average molecular weight is 1010 g/mol. The molecule has 0 unspecified atom stereocenters. The molecule has 402 valence electrons. The van der Waals surface area contributed by atoms with Crippen LogP contribution in [0.5, 0.6) is 11.5 Å². The van der Waals surface area contributed by atoms with E-state index in [9.17, 15) is 47.9 Å². The molecule has 1 aliphatic rings. The number of hydrogen-bond donors (Lipinski definition) is 0. The molecule has 73 heavy (non-hydrogen) atoms. The third-order valence-corrected chi connectivity index (χ3v) is 8.77. The third-order valence-electron chi connectivity index (χ3n) is 8.77. The molecule has 0 spiro atoms. The Hall–Kier alpha value is -7.14. The van der Waals surface area contributed by atoms with Crippen LogP contribution in [-0.2, 0) is 28.8 Å². The molecular formula is C62H88O11. The van der Waals surface area contributed by atoms with Crippen LogP contribution in [0.15, 0.2) is 121 Å². The fourth-order valence-corrected chi connectivity index (χ4v) is 5.59. The van der Waals surface area contributed by atoms with Gasteiger partial charge < -0.3 is 19.1 Å². The van der Waals surface area contributed by atoms with Gasteiger partial charge in [-0.25, -0.2) is 0 Å². The van der Waals surface area contributed by atoms with Crippen LogP contribution in [0.4, 0.5) is 0 Å². The lowest BCUT2D eigenvalue weighted by Crippen LogP contribution is -2.13. The summed E-state index contributed by atoms with van der Waals surface area (Å²) >= 11 is 0. The molecule has 0 aromatic heterocycles. The van der Waals surface area contributed by atoms with Gasteiger partial charge in [-0.15, -0.1) is 0 Å². The van der Waals surface area contributed by atoms with E-state index in [0.29, 0.717) is 34.3 Å². The van der Waals surface area contributed by atoms with Crippen LogP contribution in [-0.4, -0.2) is 57.8 Å². The average Bonchev–Trinajstić information content (AvgIpc) is 3.27. The largest absolute Gasteiger partial charge is 0.457 e. The summed E-state index contributed by atoms with van der Waals surface area (Å²) in [5.74, 6) is 2.78. The van der Waals surface area contributed by atoms with Gasteiger partial charge in [0, 0.05) is 28.2 Å². The molecule has 0 heterocycles. The van der Waals surface area contributed by atoms with Crippen molar-refractivity contribution in [2.24, 2.45) is 5.92 Å². The van der Waals surface area contributed by atoms with E-state index in [2.05, 4.69) is 0 Å². The van der Waals surface area contributed by atoms with Crippen molar-refractivity contribution in [2.75, 3.05) is 0 Å². The minimum Gasteiger partial charge on any atom is -0.457 e. The van der Waals surface area contributed by atoms with Crippen molar-refractivity contribution >= 4 is 68.6 Å². The van der Waals surface area contributed by atoms with Gasteiger partial charge in [0.05, 0.1) is 6.42 Å². The molecule has 1 saturated carbocycles. The number of carbonyl (C=O) groups is 10. The summed E-state index contributed by atoms with van der Waals surface area (Å²) in [5, 5.41) is 2.29. The lowest BCUT2D eigenvalue weighted by molar-refractivity contribution is -0.125. The molecule has 0 bridgehead atoms. The van der Waals surface area contributed by atoms with Crippen molar-refractivity contribution in [3.63, 3.8) is 0 Å². The van der Waals surface area contributed by atoms with Gasteiger partial charge >= 0.3 is 0 Å². The lowest BCUT2D eigenvalue weighted by Gasteiger charge is -2.17. The topological polar surface area (TPSA) is 180 Å². The van der Waals surface area contributed by atoms with E-state index >= 15 is 0 Å². The van der Waals surface area contributed by atoms with Crippen LogP contribution in [0, 0.1) is 5.92 Å². The second kappa shape index (κ2) is 44.8. The number of hydrogen-bond acceptors (Lipinski definition) is 11. The van der Waals surface area contributed by atoms with Gasteiger partial charge in [-0.3, -0.25) is 33.6 Å². The second-order valence-corrected chi connectivity index (χ2v) is 16.6. The van der Waals surface area contributed by atoms with Crippen LogP contribution in [0.25, 0.3) is 10.8 Å². The van der Waals surface area contributed by atoms with E-state index in [0.717, 1.165) is 29.4 Å². The third kappa shape index (κ3) is 43.4. The quantitative estimate of drug-likeness (QED) is 0.101. The highest BCUT2D eigenvalue weighted by atomic mass is 16.5. The summed E-state index contributed by atoms with van der Waals surface area (Å²) in [6, 6.07) is 36.9. The van der Waals surface area contributed by atoms with Gasteiger partial charge in [0.15, 0.2) is 23.1 Å². The highest BCUT2D eigenvalue weighted by molar-refractivity contribution is 5.99. The van der Waals surface area contributed by atoms with Gasteiger partial charge in [-0.05, 0) is 168 Å². The molecule has 5 aromatic rings. The first-order chi connectivity index (χ1) is 32.3. The SMILES string of the molecule is C.C.C.C.CC(=O)C1CCCCC1.CC(=O)CC(C)=O.CC(=O)c1ccc(Oc2ccc(C(C)=O)cc2)cc1.CC(=O)c1ccc2ccccc2c1.CC(=O)c1ccccc1.CC(C)=O.CC(C)=O.CC(C)=O. The normalized spacial score (nSPS) is 10.1. The number of fused-ring (bicyclic) bond motifs is 1. The predicted molar refractivity (Wildman–Crippen MR) is 303 cm³/mol. The fourth-order valence-electron chi connectivity index (χ4n) is 5.59.